The molecule has 1 amide bonds. The van der Waals surface area contributed by atoms with Crippen molar-refractivity contribution in [3.05, 3.63) is 21.4 Å². The molecule has 0 radical (unpaired) electrons. The summed E-state index contributed by atoms with van der Waals surface area (Å²) in [7, 11) is 0. The third-order valence-electron chi connectivity index (χ3n) is 4.05. The highest BCUT2D eigenvalue weighted by Gasteiger charge is 2.28. The first-order chi connectivity index (χ1) is 8.77. The van der Waals surface area contributed by atoms with Crippen LogP contribution in [-0.4, -0.2) is 36.5 Å². The molecule has 0 bridgehead atoms. The van der Waals surface area contributed by atoms with E-state index in [1.54, 1.807) is 11.3 Å². The molecule has 1 aliphatic carbocycles. The maximum atomic E-state index is 12.6. The summed E-state index contributed by atoms with van der Waals surface area (Å²) < 4.78 is 0. The van der Waals surface area contributed by atoms with Gasteiger partial charge in [0.1, 0.15) is 0 Å². The number of hydrogen-bond donors (Lipinski definition) is 1. The monoisotopic (exact) mass is 300 g/mol. The van der Waals surface area contributed by atoms with E-state index < -0.39 is 0 Å². The number of piperazine rings is 1. The molecule has 2 aliphatic rings. The molecule has 1 atom stereocenters. The van der Waals surface area contributed by atoms with Crippen molar-refractivity contribution in [1.29, 1.82) is 0 Å². The third-order valence-corrected chi connectivity index (χ3v) is 5.14. The maximum Gasteiger partial charge on any atom is 0.255 e. The molecular formula is C14H21ClN2OS. The number of amides is 1. The number of thiophene rings is 1. The zero-order chi connectivity index (χ0) is 12.5. The van der Waals surface area contributed by atoms with Gasteiger partial charge in [0.25, 0.3) is 5.91 Å². The quantitative estimate of drug-likeness (QED) is 0.864. The standard InChI is InChI=1S/C14H20N2OS.ClH/c1-10-8-15-6-7-16(10)14(17)12-9-18-13-5-3-2-4-11(12)13;/h9-10,15H,2-8H2,1H3;1H. The van der Waals surface area contributed by atoms with Crippen molar-refractivity contribution in [3.63, 3.8) is 0 Å². The largest absolute Gasteiger partial charge is 0.333 e. The van der Waals surface area contributed by atoms with Crippen LogP contribution in [0.3, 0.4) is 0 Å². The number of fused-ring (bicyclic) bond motifs is 1. The minimum absolute atomic E-state index is 0. The molecule has 1 N–H and O–H groups in total. The van der Waals surface area contributed by atoms with E-state index >= 15 is 0 Å². The third kappa shape index (κ3) is 2.81. The lowest BCUT2D eigenvalue weighted by atomic mass is 9.95. The van der Waals surface area contributed by atoms with E-state index in [9.17, 15) is 4.79 Å². The Bertz CT molecular complexity index is 460. The number of hydrogen-bond acceptors (Lipinski definition) is 3. The van der Waals surface area contributed by atoms with Crippen molar-refractivity contribution in [2.75, 3.05) is 19.6 Å². The van der Waals surface area contributed by atoms with Crippen molar-refractivity contribution in [3.8, 4) is 0 Å². The summed E-state index contributed by atoms with van der Waals surface area (Å²) in [4.78, 5) is 16.1. The molecule has 0 aromatic carbocycles. The van der Waals surface area contributed by atoms with Crippen molar-refractivity contribution < 1.29 is 4.79 Å². The minimum atomic E-state index is 0. The normalized spacial score (nSPS) is 22.6. The molecule has 3 rings (SSSR count). The Morgan fingerprint density at radius 3 is 3.00 bits per heavy atom. The molecular weight excluding hydrogens is 280 g/mol. The van der Waals surface area contributed by atoms with Crippen LogP contribution < -0.4 is 5.32 Å². The number of halogens is 1. The van der Waals surface area contributed by atoms with Gasteiger partial charge in [-0.25, -0.2) is 0 Å². The van der Waals surface area contributed by atoms with Gasteiger partial charge in [-0.05, 0) is 38.2 Å². The second-order valence-corrected chi connectivity index (χ2v) is 6.27. The minimum Gasteiger partial charge on any atom is -0.333 e. The van der Waals surface area contributed by atoms with E-state index in [0.29, 0.717) is 6.04 Å². The molecule has 3 nitrogen and oxygen atoms in total. The van der Waals surface area contributed by atoms with Crippen molar-refractivity contribution in [1.82, 2.24) is 10.2 Å². The number of nitrogens with zero attached hydrogens (tertiary/aromatic N) is 1. The average Bonchev–Trinajstić information content (AvgIpc) is 2.82. The molecule has 19 heavy (non-hydrogen) atoms. The highest BCUT2D eigenvalue weighted by molar-refractivity contribution is 7.10. The van der Waals surface area contributed by atoms with Gasteiger partial charge in [0.05, 0.1) is 5.56 Å². The van der Waals surface area contributed by atoms with Gasteiger partial charge < -0.3 is 10.2 Å². The second kappa shape index (κ2) is 6.25. The van der Waals surface area contributed by atoms with Gasteiger partial charge in [-0.2, -0.15) is 0 Å². The van der Waals surface area contributed by atoms with Crippen LogP contribution in [0.4, 0.5) is 0 Å². The second-order valence-electron chi connectivity index (χ2n) is 5.31. The predicted molar refractivity (Wildman–Crippen MR) is 81.6 cm³/mol. The van der Waals surface area contributed by atoms with Gasteiger partial charge in [0.15, 0.2) is 0 Å². The van der Waals surface area contributed by atoms with Crippen LogP contribution in [0.15, 0.2) is 5.38 Å². The number of nitrogens with one attached hydrogen (secondary N) is 1. The van der Waals surface area contributed by atoms with Gasteiger partial charge in [-0.15, -0.1) is 23.7 Å². The van der Waals surface area contributed by atoms with Crippen molar-refractivity contribution >= 4 is 29.7 Å². The highest BCUT2D eigenvalue weighted by atomic mass is 35.5. The van der Waals surface area contributed by atoms with Crippen molar-refractivity contribution in [2.45, 2.75) is 38.6 Å². The van der Waals surface area contributed by atoms with Crippen LogP contribution in [0.2, 0.25) is 0 Å². The van der Waals surface area contributed by atoms with Gasteiger partial charge in [-0.1, -0.05) is 0 Å². The molecule has 1 fully saturated rings. The molecule has 1 aliphatic heterocycles. The van der Waals surface area contributed by atoms with E-state index in [-0.39, 0.29) is 18.3 Å². The number of carbonyl (C=O) groups is 1. The topological polar surface area (TPSA) is 32.3 Å². The molecule has 0 saturated carbocycles. The summed E-state index contributed by atoms with van der Waals surface area (Å²) in [5.74, 6) is 0.253. The number of carbonyl (C=O) groups excluding carboxylic acids is 1. The average molecular weight is 301 g/mol. The van der Waals surface area contributed by atoms with Crippen LogP contribution in [0.5, 0.6) is 0 Å². The molecule has 2 heterocycles. The number of rotatable bonds is 1. The van der Waals surface area contributed by atoms with Gasteiger partial charge >= 0.3 is 0 Å². The lowest BCUT2D eigenvalue weighted by Crippen LogP contribution is -2.52. The van der Waals surface area contributed by atoms with E-state index in [4.69, 9.17) is 0 Å². The van der Waals surface area contributed by atoms with E-state index in [2.05, 4.69) is 17.6 Å². The lowest BCUT2D eigenvalue weighted by Gasteiger charge is -2.34. The first kappa shape index (κ1) is 14.8. The zero-order valence-electron chi connectivity index (χ0n) is 11.3. The predicted octanol–water partition coefficient (Wildman–Crippen LogP) is 2.48. The van der Waals surface area contributed by atoms with Crippen LogP contribution >= 0.6 is 23.7 Å². The Hall–Kier alpha value is -0.580. The molecule has 106 valence electrons. The van der Waals surface area contributed by atoms with E-state index in [1.807, 2.05) is 4.90 Å². The smallest absolute Gasteiger partial charge is 0.255 e. The fraction of sp³-hybridized carbons (Fsp3) is 0.643. The zero-order valence-corrected chi connectivity index (χ0v) is 12.9. The summed E-state index contributed by atoms with van der Waals surface area (Å²) in [6.45, 7) is 4.80. The molecule has 0 spiro atoms. The van der Waals surface area contributed by atoms with Crippen LogP contribution in [0, 0.1) is 0 Å². The SMILES string of the molecule is CC1CNCCN1C(=O)c1csc2c1CCCC2.Cl. The fourth-order valence-electron chi connectivity index (χ4n) is 2.97. The fourth-order valence-corrected chi connectivity index (χ4v) is 4.09. The molecule has 1 aromatic rings. The Morgan fingerprint density at radius 2 is 2.21 bits per heavy atom. The Morgan fingerprint density at radius 1 is 1.42 bits per heavy atom. The number of aryl methyl sites for hydroxylation is 1. The van der Waals surface area contributed by atoms with Crippen LogP contribution in [0.1, 0.15) is 40.6 Å². The van der Waals surface area contributed by atoms with Crippen LogP contribution in [-0.2, 0) is 12.8 Å². The summed E-state index contributed by atoms with van der Waals surface area (Å²) in [5, 5.41) is 5.43. The Kier molecular flexibility index (Phi) is 4.87. The molecule has 1 unspecified atom stereocenters. The molecule has 1 saturated heterocycles. The summed E-state index contributed by atoms with van der Waals surface area (Å²) in [5.41, 5.74) is 2.34. The first-order valence-electron chi connectivity index (χ1n) is 6.88. The first-order valence-corrected chi connectivity index (χ1v) is 7.76. The van der Waals surface area contributed by atoms with Gasteiger partial charge in [0.2, 0.25) is 0 Å². The Balaban J connectivity index is 0.00000133. The summed E-state index contributed by atoms with van der Waals surface area (Å²) in [6.07, 6.45) is 4.79. The van der Waals surface area contributed by atoms with Crippen molar-refractivity contribution in [2.24, 2.45) is 0 Å². The van der Waals surface area contributed by atoms with Gasteiger partial charge in [-0.3, -0.25) is 4.79 Å². The Labute approximate surface area is 124 Å². The van der Waals surface area contributed by atoms with E-state index in [0.717, 1.165) is 31.6 Å². The van der Waals surface area contributed by atoms with Crippen LogP contribution in [0.25, 0.3) is 0 Å². The summed E-state index contributed by atoms with van der Waals surface area (Å²) in [6, 6.07) is 0.311. The molecule has 5 heteroatoms. The lowest BCUT2D eigenvalue weighted by molar-refractivity contribution is 0.0655. The van der Waals surface area contributed by atoms with E-state index in [1.165, 1.54) is 29.7 Å². The highest BCUT2D eigenvalue weighted by Crippen LogP contribution is 2.31. The summed E-state index contributed by atoms with van der Waals surface area (Å²) >= 11 is 1.78. The van der Waals surface area contributed by atoms with Gasteiger partial charge in [0, 0.05) is 35.9 Å². The maximum absolute atomic E-state index is 12.6. The molecule has 1 aromatic heterocycles.